The van der Waals surface area contributed by atoms with Crippen LogP contribution >= 0.6 is 11.6 Å². The molecule has 100 valence electrons. The van der Waals surface area contributed by atoms with Crippen LogP contribution in [0.25, 0.3) is 0 Å². The van der Waals surface area contributed by atoms with Gasteiger partial charge < -0.3 is 0 Å². The van der Waals surface area contributed by atoms with Crippen molar-refractivity contribution in [2.45, 2.75) is 52.9 Å². The number of carbonyl (C=O) groups is 1. The van der Waals surface area contributed by atoms with E-state index >= 15 is 0 Å². The fraction of sp³-hybridized carbons (Fsp3) is 0.562. The van der Waals surface area contributed by atoms with Gasteiger partial charge in [-0.1, -0.05) is 63.3 Å². The summed E-state index contributed by atoms with van der Waals surface area (Å²) in [6.07, 6.45) is 5.28. The van der Waals surface area contributed by atoms with Crippen molar-refractivity contribution in [3.8, 4) is 0 Å². The highest BCUT2D eigenvalue weighted by molar-refractivity contribution is 6.31. The molecule has 18 heavy (non-hydrogen) atoms. The molecule has 0 fully saturated rings. The van der Waals surface area contributed by atoms with E-state index in [1.165, 1.54) is 12.8 Å². The van der Waals surface area contributed by atoms with E-state index in [0.29, 0.717) is 17.4 Å². The minimum absolute atomic E-state index is 0.234. The van der Waals surface area contributed by atoms with Crippen molar-refractivity contribution in [3.63, 3.8) is 0 Å². The van der Waals surface area contributed by atoms with E-state index in [0.717, 1.165) is 24.0 Å². The van der Waals surface area contributed by atoms with Gasteiger partial charge in [0.15, 0.2) is 5.78 Å². The Morgan fingerprint density at radius 2 is 2.06 bits per heavy atom. The molecule has 1 aromatic carbocycles. The minimum atomic E-state index is 0.234. The van der Waals surface area contributed by atoms with Crippen LogP contribution in [0.4, 0.5) is 0 Å². The standard InChI is InChI=1S/C16H23ClO/c1-4-6-8-13(5-2)11-16(18)14-9-7-10-15(17)12(14)3/h7,9-10,13H,4-6,8,11H2,1-3H3. The smallest absolute Gasteiger partial charge is 0.163 e. The van der Waals surface area contributed by atoms with Crippen LogP contribution in [0.1, 0.15) is 61.9 Å². The second kappa shape index (κ2) is 7.58. The molecule has 1 aromatic rings. The first kappa shape index (κ1) is 15.2. The van der Waals surface area contributed by atoms with Gasteiger partial charge in [0.1, 0.15) is 0 Å². The number of Topliss-reactive ketones (excluding diaryl/α,β-unsaturated/α-hetero) is 1. The number of hydrogen-bond donors (Lipinski definition) is 0. The van der Waals surface area contributed by atoms with Crippen molar-refractivity contribution >= 4 is 17.4 Å². The average molecular weight is 267 g/mol. The second-order valence-electron chi connectivity index (χ2n) is 4.96. The molecule has 0 aliphatic rings. The number of hydrogen-bond acceptors (Lipinski definition) is 1. The lowest BCUT2D eigenvalue weighted by Crippen LogP contribution is -2.09. The molecule has 0 radical (unpaired) electrons. The summed E-state index contributed by atoms with van der Waals surface area (Å²) in [4.78, 5) is 12.3. The average Bonchev–Trinajstić information content (AvgIpc) is 2.37. The third-order valence-corrected chi connectivity index (χ3v) is 3.99. The number of carbonyl (C=O) groups excluding carboxylic acids is 1. The van der Waals surface area contributed by atoms with Gasteiger partial charge in [-0.15, -0.1) is 0 Å². The Labute approximate surface area is 116 Å². The maximum atomic E-state index is 12.3. The molecule has 2 heteroatoms. The summed E-state index contributed by atoms with van der Waals surface area (Å²) in [5.74, 6) is 0.744. The molecule has 0 N–H and O–H groups in total. The van der Waals surface area contributed by atoms with Crippen molar-refractivity contribution in [2.24, 2.45) is 5.92 Å². The Bertz CT molecular complexity index is 398. The quantitative estimate of drug-likeness (QED) is 0.601. The molecule has 0 aromatic heterocycles. The fourth-order valence-electron chi connectivity index (χ4n) is 2.23. The topological polar surface area (TPSA) is 17.1 Å². The van der Waals surface area contributed by atoms with E-state index in [1.807, 2.05) is 25.1 Å². The summed E-state index contributed by atoms with van der Waals surface area (Å²) in [5.41, 5.74) is 1.70. The van der Waals surface area contributed by atoms with Crippen molar-refractivity contribution in [2.75, 3.05) is 0 Å². The lowest BCUT2D eigenvalue weighted by atomic mass is 9.90. The van der Waals surface area contributed by atoms with Gasteiger partial charge in [0.25, 0.3) is 0 Å². The third-order valence-electron chi connectivity index (χ3n) is 3.59. The lowest BCUT2D eigenvalue weighted by Gasteiger charge is -2.14. The molecule has 0 aliphatic carbocycles. The van der Waals surface area contributed by atoms with Crippen LogP contribution < -0.4 is 0 Å². The zero-order chi connectivity index (χ0) is 13.5. The highest BCUT2D eigenvalue weighted by atomic mass is 35.5. The van der Waals surface area contributed by atoms with E-state index in [4.69, 9.17) is 11.6 Å². The summed E-state index contributed by atoms with van der Waals surface area (Å²) in [5, 5.41) is 0.683. The van der Waals surface area contributed by atoms with Gasteiger partial charge in [-0.25, -0.2) is 0 Å². The summed E-state index contributed by atoms with van der Waals surface area (Å²) < 4.78 is 0. The van der Waals surface area contributed by atoms with E-state index in [9.17, 15) is 4.79 Å². The van der Waals surface area contributed by atoms with E-state index in [-0.39, 0.29) is 5.78 Å². The number of ketones is 1. The molecule has 0 saturated heterocycles. The monoisotopic (exact) mass is 266 g/mol. The number of halogens is 1. The molecule has 1 nitrogen and oxygen atoms in total. The van der Waals surface area contributed by atoms with Gasteiger partial charge >= 0.3 is 0 Å². The molecular formula is C16H23ClO. The van der Waals surface area contributed by atoms with Crippen LogP contribution in [0.2, 0.25) is 5.02 Å². The maximum Gasteiger partial charge on any atom is 0.163 e. The first-order chi connectivity index (χ1) is 8.60. The lowest BCUT2D eigenvalue weighted by molar-refractivity contribution is 0.0956. The molecule has 0 bridgehead atoms. The molecule has 1 unspecified atom stereocenters. The molecule has 0 spiro atoms. The van der Waals surface area contributed by atoms with Gasteiger partial charge in [-0.05, 0) is 24.5 Å². The first-order valence-corrected chi connectivity index (χ1v) is 7.26. The molecule has 0 heterocycles. The van der Waals surface area contributed by atoms with Crippen molar-refractivity contribution < 1.29 is 4.79 Å². The fourth-order valence-corrected chi connectivity index (χ4v) is 2.40. The van der Waals surface area contributed by atoms with Gasteiger partial charge in [0.05, 0.1) is 0 Å². The summed E-state index contributed by atoms with van der Waals surface area (Å²) in [6.45, 7) is 6.27. The Balaban J connectivity index is 2.72. The van der Waals surface area contributed by atoms with Crippen LogP contribution in [0, 0.1) is 12.8 Å². The molecule has 1 atom stereocenters. The Morgan fingerprint density at radius 1 is 1.33 bits per heavy atom. The van der Waals surface area contributed by atoms with Crippen molar-refractivity contribution in [3.05, 3.63) is 34.3 Å². The van der Waals surface area contributed by atoms with E-state index in [2.05, 4.69) is 13.8 Å². The second-order valence-corrected chi connectivity index (χ2v) is 5.36. The van der Waals surface area contributed by atoms with Crippen molar-refractivity contribution in [1.29, 1.82) is 0 Å². The van der Waals surface area contributed by atoms with Crippen LogP contribution in [-0.2, 0) is 0 Å². The van der Waals surface area contributed by atoms with Gasteiger partial charge in [-0.3, -0.25) is 4.79 Å². The summed E-state index contributed by atoms with van der Waals surface area (Å²) >= 11 is 6.06. The molecule has 0 aliphatic heterocycles. The normalized spacial score (nSPS) is 12.4. The largest absolute Gasteiger partial charge is 0.294 e. The highest BCUT2D eigenvalue weighted by Gasteiger charge is 2.16. The molecule has 0 amide bonds. The third kappa shape index (κ3) is 4.13. The Hall–Kier alpha value is -0.820. The predicted molar refractivity (Wildman–Crippen MR) is 78.4 cm³/mol. The highest BCUT2D eigenvalue weighted by Crippen LogP contribution is 2.24. The van der Waals surface area contributed by atoms with Crippen LogP contribution in [0.3, 0.4) is 0 Å². The van der Waals surface area contributed by atoms with Crippen molar-refractivity contribution in [1.82, 2.24) is 0 Å². The van der Waals surface area contributed by atoms with Crippen LogP contribution in [-0.4, -0.2) is 5.78 Å². The molecule has 1 rings (SSSR count). The van der Waals surface area contributed by atoms with Gasteiger partial charge in [-0.2, -0.15) is 0 Å². The van der Waals surface area contributed by atoms with Crippen LogP contribution in [0.5, 0.6) is 0 Å². The van der Waals surface area contributed by atoms with E-state index in [1.54, 1.807) is 0 Å². The minimum Gasteiger partial charge on any atom is -0.294 e. The predicted octanol–water partition coefficient (Wildman–Crippen LogP) is 5.44. The number of rotatable bonds is 7. The summed E-state index contributed by atoms with van der Waals surface area (Å²) in [6, 6.07) is 5.58. The zero-order valence-corrected chi connectivity index (χ0v) is 12.4. The number of unbranched alkanes of at least 4 members (excludes halogenated alkanes) is 1. The zero-order valence-electron chi connectivity index (χ0n) is 11.6. The Morgan fingerprint density at radius 3 is 2.67 bits per heavy atom. The summed E-state index contributed by atoms with van der Waals surface area (Å²) in [7, 11) is 0. The van der Waals surface area contributed by atoms with Gasteiger partial charge in [0.2, 0.25) is 0 Å². The Kier molecular flexibility index (Phi) is 6.42. The molecular weight excluding hydrogens is 244 g/mol. The number of benzene rings is 1. The van der Waals surface area contributed by atoms with E-state index < -0.39 is 0 Å². The maximum absolute atomic E-state index is 12.3. The van der Waals surface area contributed by atoms with Gasteiger partial charge in [0, 0.05) is 17.0 Å². The molecule has 0 saturated carbocycles. The first-order valence-electron chi connectivity index (χ1n) is 6.88. The van der Waals surface area contributed by atoms with Crippen LogP contribution in [0.15, 0.2) is 18.2 Å². The SMILES string of the molecule is CCCCC(CC)CC(=O)c1cccc(Cl)c1C.